The third kappa shape index (κ3) is 2.53. The van der Waals surface area contributed by atoms with Crippen molar-refractivity contribution in [1.82, 2.24) is 0 Å². The van der Waals surface area contributed by atoms with E-state index in [1.165, 1.54) is 0 Å². The van der Waals surface area contributed by atoms with Crippen LogP contribution in [0.1, 0.15) is 26.2 Å². The van der Waals surface area contributed by atoms with Crippen molar-refractivity contribution in [3.05, 3.63) is 11.7 Å². The lowest BCUT2D eigenvalue weighted by molar-refractivity contribution is -0.0299. The van der Waals surface area contributed by atoms with Gasteiger partial charge >= 0.3 is 0 Å². The van der Waals surface area contributed by atoms with E-state index in [1.54, 1.807) is 6.92 Å². The number of rotatable bonds is 2. The van der Waals surface area contributed by atoms with E-state index in [0.717, 1.165) is 0 Å². The largest absolute Gasteiger partial charge is 0.362 e. The molecule has 1 aliphatic carbocycles. The van der Waals surface area contributed by atoms with E-state index < -0.39 is 17.3 Å². The van der Waals surface area contributed by atoms with Crippen LogP contribution >= 0.6 is 0 Å². The van der Waals surface area contributed by atoms with Gasteiger partial charge in [0.05, 0.1) is 5.60 Å². The summed E-state index contributed by atoms with van der Waals surface area (Å²) in [6, 6.07) is 0. The first-order valence-electron chi connectivity index (χ1n) is 4.18. The number of hydrogen-bond donors (Lipinski definition) is 0. The number of halogens is 2. The zero-order valence-electron chi connectivity index (χ0n) is 7.57. The van der Waals surface area contributed by atoms with Gasteiger partial charge in [0.2, 0.25) is 0 Å². The van der Waals surface area contributed by atoms with E-state index in [1.807, 2.05) is 0 Å². The van der Waals surface area contributed by atoms with E-state index >= 15 is 0 Å². The molecule has 1 nitrogen and oxygen atoms in total. The Hall–Kier alpha value is -0.880. The van der Waals surface area contributed by atoms with E-state index in [2.05, 4.69) is 5.92 Å². The van der Waals surface area contributed by atoms with Crippen LogP contribution in [0.4, 0.5) is 8.78 Å². The maximum absolute atomic E-state index is 12.9. The first-order valence-corrected chi connectivity index (χ1v) is 4.18. The molecule has 0 N–H and O–H groups in total. The second-order valence-corrected chi connectivity index (χ2v) is 3.43. The number of ether oxygens (including phenoxy) is 1. The van der Waals surface area contributed by atoms with Gasteiger partial charge in [0, 0.05) is 12.8 Å². The van der Waals surface area contributed by atoms with Gasteiger partial charge in [0.1, 0.15) is 18.3 Å². The molecule has 1 rings (SSSR count). The Morgan fingerprint density at radius 1 is 1.54 bits per heavy atom. The van der Waals surface area contributed by atoms with Gasteiger partial charge in [-0.25, -0.2) is 8.78 Å². The van der Waals surface area contributed by atoms with Gasteiger partial charge in [-0.15, -0.1) is 6.42 Å². The molecule has 0 saturated heterocycles. The Kier molecular flexibility index (Phi) is 3.05. The molecule has 72 valence electrons. The van der Waals surface area contributed by atoms with Crippen molar-refractivity contribution < 1.29 is 13.5 Å². The van der Waals surface area contributed by atoms with Gasteiger partial charge in [-0.05, 0) is 13.3 Å². The van der Waals surface area contributed by atoms with Gasteiger partial charge in [-0.2, -0.15) is 0 Å². The normalized spacial score (nSPS) is 28.8. The van der Waals surface area contributed by atoms with Crippen LogP contribution in [-0.2, 0) is 4.74 Å². The van der Waals surface area contributed by atoms with Crippen molar-refractivity contribution in [2.45, 2.75) is 31.8 Å². The fraction of sp³-hybridized carbons (Fsp3) is 0.600. The third-order valence-corrected chi connectivity index (χ3v) is 2.20. The Balaban J connectivity index is 2.60. The lowest BCUT2D eigenvalue weighted by Gasteiger charge is -2.31. The fourth-order valence-electron chi connectivity index (χ4n) is 1.36. The van der Waals surface area contributed by atoms with Crippen LogP contribution in [0.5, 0.6) is 0 Å². The fourth-order valence-corrected chi connectivity index (χ4v) is 1.36. The van der Waals surface area contributed by atoms with Crippen molar-refractivity contribution >= 4 is 0 Å². The molecule has 0 aromatic heterocycles. The predicted octanol–water partition coefficient (Wildman–Crippen LogP) is 2.73. The molecule has 1 unspecified atom stereocenters. The van der Waals surface area contributed by atoms with Crippen molar-refractivity contribution in [1.29, 1.82) is 0 Å². The molecule has 3 heteroatoms. The van der Waals surface area contributed by atoms with Crippen LogP contribution in [0, 0.1) is 12.3 Å². The molecular weight excluding hydrogens is 174 g/mol. The number of allylic oxidation sites excluding steroid dienone is 1. The third-order valence-electron chi connectivity index (χ3n) is 2.20. The summed E-state index contributed by atoms with van der Waals surface area (Å²) in [5.74, 6) is 0.958. The van der Waals surface area contributed by atoms with Crippen LogP contribution in [0.2, 0.25) is 0 Å². The van der Waals surface area contributed by atoms with Crippen LogP contribution in [0.25, 0.3) is 0 Å². The average molecular weight is 186 g/mol. The summed E-state index contributed by atoms with van der Waals surface area (Å²) < 4.78 is 30.8. The Morgan fingerprint density at radius 3 is 2.77 bits per heavy atom. The topological polar surface area (TPSA) is 9.23 Å². The van der Waals surface area contributed by atoms with Crippen molar-refractivity contribution in [2.75, 3.05) is 6.61 Å². The molecule has 0 spiro atoms. The summed E-state index contributed by atoms with van der Waals surface area (Å²) in [6.07, 6.45) is 5.58. The van der Waals surface area contributed by atoms with Gasteiger partial charge in [-0.1, -0.05) is 5.92 Å². The van der Waals surface area contributed by atoms with Crippen LogP contribution in [0.15, 0.2) is 11.7 Å². The highest BCUT2D eigenvalue weighted by Crippen LogP contribution is 2.36. The van der Waals surface area contributed by atoms with E-state index in [9.17, 15) is 8.78 Å². The number of terminal acetylenes is 1. The van der Waals surface area contributed by atoms with Crippen LogP contribution in [0.3, 0.4) is 0 Å². The highest BCUT2D eigenvalue weighted by Gasteiger charge is 2.32. The van der Waals surface area contributed by atoms with Gasteiger partial charge in [0.15, 0.2) is 0 Å². The molecule has 0 radical (unpaired) electrons. The quantitative estimate of drug-likeness (QED) is 0.602. The average Bonchev–Trinajstić information content (AvgIpc) is 2.09. The predicted molar refractivity (Wildman–Crippen MR) is 46.3 cm³/mol. The first kappa shape index (κ1) is 10.2. The highest BCUT2D eigenvalue weighted by molar-refractivity contribution is 5.09. The summed E-state index contributed by atoms with van der Waals surface area (Å²) in [7, 11) is 0. The van der Waals surface area contributed by atoms with E-state index in [0.29, 0.717) is 6.42 Å². The zero-order valence-corrected chi connectivity index (χ0v) is 7.57. The summed E-state index contributed by atoms with van der Waals surface area (Å²) >= 11 is 0. The standard InChI is InChI=1S/C10H12F2O/c1-3-6-13-10(2)5-4-8(11)9(12)7-10/h1H,4-7H2,2H3. The maximum Gasteiger partial charge on any atom is 0.134 e. The van der Waals surface area contributed by atoms with Crippen molar-refractivity contribution in [2.24, 2.45) is 0 Å². The molecule has 1 atom stereocenters. The second-order valence-electron chi connectivity index (χ2n) is 3.43. The SMILES string of the molecule is C#CCOC1(C)CCC(F)=C(F)C1. The lowest BCUT2D eigenvalue weighted by Crippen LogP contribution is -2.31. The Labute approximate surface area is 76.8 Å². The number of hydrogen-bond acceptors (Lipinski definition) is 1. The van der Waals surface area contributed by atoms with Crippen LogP contribution < -0.4 is 0 Å². The van der Waals surface area contributed by atoms with Crippen molar-refractivity contribution in [3.8, 4) is 12.3 Å². The molecule has 0 aromatic rings. The lowest BCUT2D eigenvalue weighted by atomic mass is 9.89. The molecule has 1 aliphatic rings. The summed E-state index contributed by atoms with van der Waals surface area (Å²) in [4.78, 5) is 0. The second kappa shape index (κ2) is 3.89. The van der Waals surface area contributed by atoms with E-state index in [4.69, 9.17) is 11.2 Å². The van der Waals surface area contributed by atoms with Gasteiger partial charge in [0.25, 0.3) is 0 Å². The minimum Gasteiger partial charge on any atom is -0.362 e. The summed E-state index contributed by atoms with van der Waals surface area (Å²) in [6.45, 7) is 1.89. The van der Waals surface area contributed by atoms with Gasteiger partial charge < -0.3 is 4.74 Å². The molecule has 0 bridgehead atoms. The molecule has 13 heavy (non-hydrogen) atoms. The highest BCUT2D eigenvalue weighted by atomic mass is 19.2. The Bertz CT molecular complexity index is 265. The molecule has 0 amide bonds. The van der Waals surface area contributed by atoms with E-state index in [-0.39, 0.29) is 19.4 Å². The smallest absolute Gasteiger partial charge is 0.134 e. The summed E-state index contributed by atoms with van der Waals surface area (Å²) in [5.41, 5.74) is -0.633. The maximum atomic E-state index is 12.9. The van der Waals surface area contributed by atoms with Crippen molar-refractivity contribution in [3.63, 3.8) is 0 Å². The molecular formula is C10H12F2O. The molecule has 0 heterocycles. The minimum atomic E-state index is -0.703. The van der Waals surface area contributed by atoms with Gasteiger partial charge in [-0.3, -0.25) is 0 Å². The minimum absolute atomic E-state index is 0.0134. The van der Waals surface area contributed by atoms with Crippen LogP contribution in [-0.4, -0.2) is 12.2 Å². The summed E-state index contributed by atoms with van der Waals surface area (Å²) in [5, 5.41) is 0. The Morgan fingerprint density at radius 2 is 2.23 bits per heavy atom. The zero-order chi connectivity index (χ0) is 9.90. The molecule has 0 aromatic carbocycles. The molecule has 0 fully saturated rings. The monoisotopic (exact) mass is 186 g/mol. The molecule has 0 saturated carbocycles. The molecule has 0 aliphatic heterocycles. The first-order chi connectivity index (χ1) is 6.07.